The molecule has 5 nitrogen and oxygen atoms in total. The van der Waals surface area contributed by atoms with Crippen LogP contribution in [0.15, 0.2) is 18.5 Å². The summed E-state index contributed by atoms with van der Waals surface area (Å²) in [7, 11) is 0. The van der Waals surface area contributed by atoms with E-state index in [1.165, 1.54) is 12.8 Å². The van der Waals surface area contributed by atoms with E-state index in [0.717, 1.165) is 31.5 Å². The van der Waals surface area contributed by atoms with Gasteiger partial charge in [0.1, 0.15) is 0 Å². The van der Waals surface area contributed by atoms with E-state index in [1.807, 2.05) is 6.07 Å². The molecule has 1 saturated heterocycles. The van der Waals surface area contributed by atoms with E-state index in [2.05, 4.69) is 20.2 Å². The van der Waals surface area contributed by atoms with Gasteiger partial charge in [-0.3, -0.25) is 4.90 Å². The van der Waals surface area contributed by atoms with Crippen LogP contribution >= 0.6 is 0 Å². The van der Waals surface area contributed by atoms with E-state index in [9.17, 15) is 0 Å². The first-order chi connectivity index (χ1) is 8.86. The Morgan fingerprint density at radius 2 is 2.06 bits per heavy atom. The van der Waals surface area contributed by atoms with Gasteiger partial charge in [-0.2, -0.15) is 0 Å². The van der Waals surface area contributed by atoms with Crippen LogP contribution in [0.25, 0.3) is 0 Å². The van der Waals surface area contributed by atoms with Crippen molar-refractivity contribution in [3.63, 3.8) is 0 Å². The Kier molecular flexibility index (Phi) is 3.43. The summed E-state index contributed by atoms with van der Waals surface area (Å²) in [5.74, 6) is 2.26. The minimum Gasteiger partial charge on any atom is -0.395 e. The van der Waals surface area contributed by atoms with Crippen LogP contribution in [0.3, 0.4) is 0 Å². The maximum atomic E-state index is 9.06. The van der Waals surface area contributed by atoms with Crippen LogP contribution in [-0.2, 0) is 0 Å². The van der Waals surface area contributed by atoms with Crippen molar-refractivity contribution in [2.24, 2.45) is 11.8 Å². The van der Waals surface area contributed by atoms with E-state index in [0.29, 0.717) is 12.0 Å². The van der Waals surface area contributed by atoms with Gasteiger partial charge < -0.3 is 10.4 Å². The Morgan fingerprint density at radius 3 is 2.72 bits per heavy atom. The minimum atomic E-state index is 0.242. The monoisotopic (exact) mass is 248 g/mol. The number of aromatic nitrogens is 2. The number of hydrogen-bond acceptors (Lipinski definition) is 5. The molecule has 1 aromatic heterocycles. The molecule has 1 aliphatic carbocycles. The van der Waals surface area contributed by atoms with Gasteiger partial charge in [-0.05, 0) is 30.7 Å². The van der Waals surface area contributed by atoms with Gasteiger partial charge in [-0.25, -0.2) is 9.97 Å². The lowest BCUT2D eigenvalue weighted by Crippen LogP contribution is -2.31. The van der Waals surface area contributed by atoms with Gasteiger partial charge in [-0.15, -0.1) is 0 Å². The van der Waals surface area contributed by atoms with Crippen molar-refractivity contribution in [2.45, 2.75) is 18.9 Å². The largest absolute Gasteiger partial charge is 0.395 e. The first-order valence-corrected chi connectivity index (χ1v) is 6.73. The maximum absolute atomic E-state index is 9.06. The predicted molar refractivity (Wildman–Crippen MR) is 69.2 cm³/mol. The van der Waals surface area contributed by atoms with E-state index in [-0.39, 0.29) is 6.61 Å². The topological polar surface area (TPSA) is 61.3 Å². The molecule has 0 spiro atoms. The normalized spacial score (nSPS) is 28.5. The van der Waals surface area contributed by atoms with Crippen LogP contribution < -0.4 is 5.32 Å². The van der Waals surface area contributed by atoms with E-state index < -0.39 is 0 Å². The van der Waals surface area contributed by atoms with Crippen molar-refractivity contribution in [2.75, 3.05) is 31.6 Å². The number of nitrogens with one attached hydrogen (secondary N) is 1. The minimum absolute atomic E-state index is 0.242. The van der Waals surface area contributed by atoms with Gasteiger partial charge in [0.25, 0.3) is 0 Å². The molecule has 2 heterocycles. The average Bonchev–Trinajstić information content (AvgIpc) is 3.15. The molecule has 98 valence electrons. The second kappa shape index (κ2) is 5.20. The van der Waals surface area contributed by atoms with Crippen molar-refractivity contribution < 1.29 is 5.11 Å². The third-order valence-electron chi connectivity index (χ3n) is 3.96. The first kappa shape index (κ1) is 11.9. The highest BCUT2D eigenvalue weighted by atomic mass is 16.3. The smallest absolute Gasteiger partial charge is 0.222 e. The lowest BCUT2D eigenvalue weighted by atomic mass is 9.98. The van der Waals surface area contributed by atoms with Crippen LogP contribution in [0.2, 0.25) is 0 Å². The van der Waals surface area contributed by atoms with Crippen molar-refractivity contribution in [3.8, 4) is 0 Å². The van der Waals surface area contributed by atoms with Crippen LogP contribution in [-0.4, -0.2) is 52.3 Å². The number of nitrogens with zero attached hydrogens (tertiary/aromatic N) is 3. The SMILES string of the molecule is OCCN1C[C@@H](Nc2ncccn2)[C@H](C2CC2)C1. The number of hydrogen-bond donors (Lipinski definition) is 2. The lowest BCUT2D eigenvalue weighted by molar-refractivity contribution is 0.215. The number of rotatable bonds is 5. The summed E-state index contributed by atoms with van der Waals surface area (Å²) < 4.78 is 0. The highest BCUT2D eigenvalue weighted by molar-refractivity contribution is 5.26. The van der Waals surface area contributed by atoms with Crippen LogP contribution in [0, 0.1) is 11.8 Å². The van der Waals surface area contributed by atoms with Gasteiger partial charge in [0.05, 0.1) is 6.61 Å². The molecule has 0 unspecified atom stereocenters. The zero-order valence-electron chi connectivity index (χ0n) is 10.5. The fourth-order valence-electron chi connectivity index (χ4n) is 2.93. The quantitative estimate of drug-likeness (QED) is 0.798. The molecule has 2 aliphatic rings. The number of aliphatic hydroxyl groups is 1. The van der Waals surface area contributed by atoms with Crippen molar-refractivity contribution in [1.29, 1.82) is 0 Å². The zero-order valence-corrected chi connectivity index (χ0v) is 10.5. The summed E-state index contributed by atoms with van der Waals surface area (Å²) in [5, 5.41) is 12.5. The van der Waals surface area contributed by atoms with Crippen molar-refractivity contribution >= 4 is 5.95 Å². The Labute approximate surface area is 107 Å². The summed E-state index contributed by atoms with van der Waals surface area (Å²) in [6.45, 7) is 3.10. The summed E-state index contributed by atoms with van der Waals surface area (Å²) in [6.07, 6.45) is 6.24. The Balaban J connectivity index is 1.65. The highest BCUT2D eigenvalue weighted by Crippen LogP contribution is 2.41. The Hall–Kier alpha value is -1.20. The molecule has 0 bridgehead atoms. The number of aliphatic hydroxyl groups excluding tert-OH is 1. The fourth-order valence-corrected chi connectivity index (χ4v) is 2.93. The van der Waals surface area contributed by atoms with Gasteiger partial charge in [0.2, 0.25) is 5.95 Å². The first-order valence-electron chi connectivity index (χ1n) is 6.73. The van der Waals surface area contributed by atoms with E-state index >= 15 is 0 Å². The van der Waals surface area contributed by atoms with Gasteiger partial charge in [0.15, 0.2) is 0 Å². The number of anilines is 1. The van der Waals surface area contributed by atoms with Gasteiger partial charge in [-0.1, -0.05) is 0 Å². The molecule has 3 rings (SSSR count). The summed E-state index contributed by atoms with van der Waals surface area (Å²) in [4.78, 5) is 10.8. The maximum Gasteiger partial charge on any atom is 0.222 e. The van der Waals surface area contributed by atoms with Gasteiger partial charge >= 0.3 is 0 Å². The number of likely N-dealkylation sites (tertiary alicyclic amines) is 1. The van der Waals surface area contributed by atoms with Crippen molar-refractivity contribution in [3.05, 3.63) is 18.5 Å². The number of β-amino-alcohol motifs (C(OH)–C–C–N with tert-alkyl or cyclic N) is 1. The fraction of sp³-hybridized carbons (Fsp3) is 0.692. The molecule has 5 heteroatoms. The molecule has 0 amide bonds. The molecule has 2 atom stereocenters. The molecule has 1 saturated carbocycles. The molecule has 1 aromatic rings. The molecular formula is C13H20N4O. The standard InChI is InChI=1S/C13H20N4O/c18-7-6-17-8-11(10-2-3-10)12(9-17)16-13-14-4-1-5-15-13/h1,4-5,10-12,18H,2-3,6-9H2,(H,14,15,16)/t11-,12+/m0/s1. The Morgan fingerprint density at radius 1 is 1.28 bits per heavy atom. The molecule has 1 aliphatic heterocycles. The molecule has 0 radical (unpaired) electrons. The van der Waals surface area contributed by atoms with Crippen molar-refractivity contribution in [1.82, 2.24) is 14.9 Å². The molecular weight excluding hydrogens is 228 g/mol. The van der Waals surface area contributed by atoms with Crippen LogP contribution in [0.4, 0.5) is 5.95 Å². The lowest BCUT2D eigenvalue weighted by Gasteiger charge is -2.19. The molecule has 18 heavy (non-hydrogen) atoms. The summed E-state index contributed by atoms with van der Waals surface area (Å²) >= 11 is 0. The third kappa shape index (κ3) is 2.62. The highest BCUT2D eigenvalue weighted by Gasteiger charge is 2.42. The molecule has 0 aromatic carbocycles. The molecule has 2 N–H and O–H groups in total. The zero-order chi connectivity index (χ0) is 12.4. The van der Waals surface area contributed by atoms with E-state index in [1.54, 1.807) is 12.4 Å². The Bertz CT molecular complexity index is 382. The summed E-state index contributed by atoms with van der Waals surface area (Å²) in [6, 6.07) is 2.25. The van der Waals surface area contributed by atoms with Crippen LogP contribution in [0.1, 0.15) is 12.8 Å². The second-order valence-electron chi connectivity index (χ2n) is 5.31. The second-order valence-corrected chi connectivity index (χ2v) is 5.31. The summed E-state index contributed by atoms with van der Waals surface area (Å²) in [5.41, 5.74) is 0. The third-order valence-corrected chi connectivity index (χ3v) is 3.96. The van der Waals surface area contributed by atoms with Crippen LogP contribution in [0.5, 0.6) is 0 Å². The predicted octanol–water partition coefficient (Wildman–Crippen LogP) is 0.591. The van der Waals surface area contributed by atoms with E-state index in [4.69, 9.17) is 5.11 Å². The molecule has 2 fully saturated rings. The average molecular weight is 248 g/mol. The van der Waals surface area contributed by atoms with Gasteiger partial charge in [0, 0.05) is 38.1 Å².